The van der Waals surface area contributed by atoms with E-state index in [0.29, 0.717) is 5.92 Å². The van der Waals surface area contributed by atoms with E-state index in [1.807, 2.05) is 0 Å². The van der Waals surface area contributed by atoms with Crippen molar-refractivity contribution in [2.75, 3.05) is 0 Å². The minimum atomic E-state index is 0.501. The van der Waals surface area contributed by atoms with Crippen molar-refractivity contribution in [3.63, 3.8) is 0 Å². The monoisotopic (exact) mass is 162 g/mol. The largest absolute Gasteiger partial charge is 0.0887 e. The van der Waals surface area contributed by atoms with Crippen molar-refractivity contribution in [2.45, 2.75) is 19.3 Å². The molecule has 0 radical (unpaired) electrons. The summed E-state index contributed by atoms with van der Waals surface area (Å²) in [5.74, 6) is 0.501. The molecular formula is C10H10S. The normalized spacial score (nSPS) is 21.9. The van der Waals surface area contributed by atoms with Crippen molar-refractivity contribution in [2.24, 2.45) is 0 Å². The van der Waals surface area contributed by atoms with Crippen LogP contribution in [0.1, 0.15) is 24.0 Å². The van der Waals surface area contributed by atoms with Crippen molar-refractivity contribution in [1.29, 1.82) is 0 Å². The van der Waals surface area contributed by atoms with Crippen LogP contribution in [0.3, 0.4) is 0 Å². The van der Waals surface area contributed by atoms with Crippen LogP contribution >= 0.6 is 12.2 Å². The molecule has 1 atom stereocenters. The molecule has 2 rings (SSSR count). The average Bonchev–Trinajstić information content (AvgIpc) is 2.30. The van der Waals surface area contributed by atoms with E-state index in [2.05, 4.69) is 31.2 Å². The molecule has 1 aromatic rings. The summed E-state index contributed by atoms with van der Waals surface area (Å²) < 4.78 is 0. The van der Waals surface area contributed by atoms with Gasteiger partial charge < -0.3 is 0 Å². The molecule has 1 aromatic carbocycles. The van der Waals surface area contributed by atoms with Gasteiger partial charge in [-0.15, -0.1) is 0 Å². The van der Waals surface area contributed by atoms with Crippen LogP contribution in [-0.4, -0.2) is 4.86 Å². The van der Waals surface area contributed by atoms with Crippen LogP contribution in [0.5, 0.6) is 0 Å². The van der Waals surface area contributed by atoms with Crippen LogP contribution in [0.4, 0.5) is 0 Å². The van der Waals surface area contributed by atoms with E-state index in [1.54, 1.807) is 0 Å². The van der Waals surface area contributed by atoms with Gasteiger partial charge in [0.2, 0.25) is 0 Å². The van der Waals surface area contributed by atoms with E-state index < -0.39 is 0 Å². The third kappa shape index (κ3) is 1.000. The molecule has 0 fully saturated rings. The fourth-order valence-corrected chi connectivity index (χ4v) is 1.91. The van der Waals surface area contributed by atoms with Gasteiger partial charge in [0.05, 0.1) is 0 Å². The standard InChI is InChI=1S/C10H10S/c1-7-9-5-3-2-4-8(9)6-10(7)11/h2-5,7H,6H2,1H3. The molecule has 0 bridgehead atoms. The Balaban J connectivity index is 2.55. The van der Waals surface area contributed by atoms with Gasteiger partial charge in [0.15, 0.2) is 0 Å². The number of benzene rings is 1. The lowest BCUT2D eigenvalue weighted by Gasteiger charge is -2.01. The maximum atomic E-state index is 5.25. The van der Waals surface area contributed by atoms with Crippen LogP contribution in [0.15, 0.2) is 24.3 Å². The Kier molecular flexibility index (Phi) is 1.53. The molecule has 1 aliphatic carbocycles. The van der Waals surface area contributed by atoms with Crippen LogP contribution in [-0.2, 0) is 6.42 Å². The maximum absolute atomic E-state index is 5.25. The summed E-state index contributed by atoms with van der Waals surface area (Å²) in [6, 6.07) is 8.52. The van der Waals surface area contributed by atoms with E-state index in [4.69, 9.17) is 12.2 Å². The van der Waals surface area contributed by atoms with Crippen molar-refractivity contribution in [3.8, 4) is 0 Å². The predicted octanol–water partition coefficient (Wildman–Crippen LogP) is 2.72. The molecular weight excluding hydrogens is 152 g/mol. The minimum Gasteiger partial charge on any atom is -0.0887 e. The van der Waals surface area contributed by atoms with E-state index >= 15 is 0 Å². The lowest BCUT2D eigenvalue weighted by atomic mass is 10.0. The fourth-order valence-electron chi connectivity index (χ4n) is 1.63. The summed E-state index contributed by atoms with van der Waals surface area (Å²) in [5.41, 5.74) is 2.85. The number of hydrogen-bond acceptors (Lipinski definition) is 1. The van der Waals surface area contributed by atoms with E-state index in [1.165, 1.54) is 16.0 Å². The maximum Gasteiger partial charge on any atom is 0.0131 e. The zero-order valence-corrected chi connectivity index (χ0v) is 7.32. The first-order valence-electron chi connectivity index (χ1n) is 3.89. The molecule has 1 heteroatoms. The molecule has 0 saturated heterocycles. The Bertz CT molecular complexity index is 301. The Morgan fingerprint density at radius 3 is 2.82 bits per heavy atom. The van der Waals surface area contributed by atoms with Crippen molar-refractivity contribution in [1.82, 2.24) is 0 Å². The lowest BCUT2D eigenvalue weighted by molar-refractivity contribution is 1.06. The van der Waals surface area contributed by atoms with Crippen molar-refractivity contribution < 1.29 is 0 Å². The summed E-state index contributed by atoms with van der Waals surface area (Å²) in [6.45, 7) is 2.19. The third-order valence-corrected chi connectivity index (χ3v) is 2.87. The Labute approximate surface area is 72.2 Å². The van der Waals surface area contributed by atoms with Crippen LogP contribution in [0.2, 0.25) is 0 Å². The second kappa shape index (κ2) is 2.42. The predicted molar refractivity (Wildman–Crippen MR) is 51.2 cm³/mol. The number of thiocarbonyl (C=S) groups is 1. The van der Waals surface area contributed by atoms with Gasteiger partial charge in [-0.3, -0.25) is 0 Å². The first-order chi connectivity index (χ1) is 5.29. The molecule has 1 unspecified atom stereocenters. The highest BCUT2D eigenvalue weighted by Crippen LogP contribution is 2.30. The molecule has 56 valence electrons. The minimum absolute atomic E-state index is 0.501. The summed E-state index contributed by atoms with van der Waals surface area (Å²) >= 11 is 5.25. The highest BCUT2D eigenvalue weighted by Gasteiger charge is 2.21. The molecule has 0 N–H and O–H groups in total. The fraction of sp³-hybridized carbons (Fsp3) is 0.300. The molecule has 0 saturated carbocycles. The smallest absolute Gasteiger partial charge is 0.0131 e. The quantitative estimate of drug-likeness (QED) is 0.528. The molecule has 0 spiro atoms. The van der Waals surface area contributed by atoms with Crippen LogP contribution in [0.25, 0.3) is 0 Å². The molecule has 0 nitrogen and oxygen atoms in total. The molecule has 11 heavy (non-hydrogen) atoms. The summed E-state index contributed by atoms with van der Waals surface area (Å²) in [5, 5.41) is 0. The van der Waals surface area contributed by atoms with Gasteiger partial charge in [-0.05, 0) is 11.1 Å². The molecule has 0 heterocycles. The Morgan fingerprint density at radius 1 is 1.36 bits per heavy atom. The lowest BCUT2D eigenvalue weighted by Crippen LogP contribution is -1.97. The number of fused-ring (bicyclic) bond motifs is 1. The summed E-state index contributed by atoms with van der Waals surface area (Å²) in [4.78, 5) is 1.19. The molecule has 0 aliphatic heterocycles. The van der Waals surface area contributed by atoms with Gasteiger partial charge in [0.1, 0.15) is 0 Å². The van der Waals surface area contributed by atoms with E-state index in [9.17, 15) is 0 Å². The van der Waals surface area contributed by atoms with Gasteiger partial charge in [-0.1, -0.05) is 43.4 Å². The Hall–Kier alpha value is -0.690. The first-order valence-corrected chi connectivity index (χ1v) is 4.30. The summed E-state index contributed by atoms with van der Waals surface area (Å²) in [6.07, 6.45) is 1.01. The second-order valence-electron chi connectivity index (χ2n) is 3.06. The van der Waals surface area contributed by atoms with Gasteiger partial charge >= 0.3 is 0 Å². The van der Waals surface area contributed by atoms with E-state index in [-0.39, 0.29) is 0 Å². The molecule has 1 aliphatic rings. The molecule has 0 amide bonds. The van der Waals surface area contributed by atoms with Gasteiger partial charge in [0.25, 0.3) is 0 Å². The highest BCUT2D eigenvalue weighted by molar-refractivity contribution is 7.80. The highest BCUT2D eigenvalue weighted by atomic mass is 32.1. The Morgan fingerprint density at radius 2 is 2.09 bits per heavy atom. The average molecular weight is 162 g/mol. The number of hydrogen-bond donors (Lipinski definition) is 0. The zero-order valence-electron chi connectivity index (χ0n) is 6.50. The van der Waals surface area contributed by atoms with Gasteiger partial charge in [-0.2, -0.15) is 0 Å². The van der Waals surface area contributed by atoms with Gasteiger partial charge in [0, 0.05) is 17.2 Å². The van der Waals surface area contributed by atoms with Crippen LogP contribution < -0.4 is 0 Å². The van der Waals surface area contributed by atoms with Crippen LogP contribution in [0, 0.1) is 0 Å². The first kappa shape index (κ1) is 6.99. The van der Waals surface area contributed by atoms with Crippen molar-refractivity contribution >= 4 is 17.1 Å². The third-order valence-electron chi connectivity index (χ3n) is 2.37. The topological polar surface area (TPSA) is 0 Å². The van der Waals surface area contributed by atoms with Crippen molar-refractivity contribution in [3.05, 3.63) is 35.4 Å². The number of rotatable bonds is 0. The van der Waals surface area contributed by atoms with Gasteiger partial charge in [-0.25, -0.2) is 0 Å². The summed E-state index contributed by atoms with van der Waals surface area (Å²) in [7, 11) is 0. The SMILES string of the molecule is CC1C(=S)Cc2ccccc21. The zero-order chi connectivity index (χ0) is 7.84. The van der Waals surface area contributed by atoms with E-state index in [0.717, 1.165) is 6.42 Å². The second-order valence-corrected chi connectivity index (χ2v) is 3.59. The molecule has 0 aromatic heterocycles.